The van der Waals surface area contributed by atoms with Crippen LogP contribution in [0.25, 0.3) is 0 Å². The number of hydrogen-bond donors (Lipinski definition) is 1. The lowest BCUT2D eigenvalue weighted by Crippen LogP contribution is -2.16. The average molecular weight is 194 g/mol. The predicted molar refractivity (Wildman–Crippen MR) is 50.0 cm³/mol. The molecule has 0 spiro atoms. The lowest BCUT2D eigenvalue weighted by atomic mass is 10.1. The molecule has 0 bridgehead atoms. The summed E-state index contributed by atoms with van der Waals surface area (Å²) in [5, 5.41) is 8.78. The van der Waals surface area contributed by atoms with Crippen molar-refractivity contribution in [2.45, 2.75) is 64.4 Å². The second-order valence-electron chi connectivity index (χ2n) is 3.46. The highest BCUT2D eigenvalue weighted by molar-refractivity contribution is 4.57. The van der Waals surface area contributed by atoms with Gasteiger partial charge in [0.1, 0.15) is 6.10 Å². The molecule has 0 aliphatic rings. The van der Waals surface area contributed by atoms with E-state index < -0.39 is 12.5 Å². The maximum Gasteiger partial charge on any atom is 0.264 e. The average Bonchev–Trinajstić information content (AvgIpc) is 2.10. The van der Waals surface area contributed by atoms with Crippen molar-refractivity contribution in [3.8, 4) is 0 Å². The second-order valence-corrected chi connectivity index (χ2v) is 3.46. The zero-order chi connectivity index (χ0) is 10.1. The molecule has 0 saturated carbocycles. The number of unbranched alkanes of at least 4 members (excludes halogenated alkanes) is 5. The van der Waals surface area contributed by atoms with E-state index in [1.54, 1.807) is 0 Å². The van der Waals surface area contributed by atoms with E-state index in [-0.39, 0.29) is 6.42 Å². The third kappa shape index (κ3) is 8.16. The summed E-state index contributed by atoms with van der Waals surface area (Å²) >= 11 is 0. The van der Waals surface area contributed by atoms with Gasteiger partial charge in [-0.15, -0.1) is 0 Å². The third-order valence-corrected chi connectivity index (χ3v) is 2.14. The summed E-state index contributed by atoms with van der Waals surface area (Å²) in [4.78, 5) is 0. The van der Waals surface area contributed by atoms with Crippen LogP contribution in [0, 0.1) is 0 Å². The van der Waals surface area contributed by atoms with Gasteiger partial charge < -0.3 is 5.11 Å². The first-order valence-electron chi connectivity index (χ1n) is 5.14. The van der Waals surface area contributed by atoms with Crippen molar-refractivity contribution in [3.63, 3.8) is 0 Å². The fraction of sp³-hybridized carbons (Fsp3) is 1.00. The highest BCUT2D eigenvalue weighted by Crippen LogP contribution is 2.12. The molecule has 0 aromatic carbocycles. The van der Waals surface area contributed by atoms with Crippen LogP contribution >= 0.6 is 0 Å². The van der Waals surface area contributed by atoms with Crippen molar-refractivity contribution in [2.24, 2.45) is 0 Å². The Morgan fingerprint density at radius 3 is 2.08 bits per heavy atom. The van der Waals surface area contributed by atoms with Crippen LogP contribution in [-0.2, 0) is 0 Å². The quantitative estimate of drug-likeness (QED) is 0.587. The smallest absolute Gasteiger partial charge is 0.264 e. The Morgan fingerprint density at radius 1 is 1.00 bits per heavy atom. The molecule has 13 heavy (non-hydrogen) atoms. The van der Waals surface area contributed by atoms with Gasteiger partial charge in [0.2, 0.25) is 0 Å². The lowest BCUT2D eigenvalue weighted by Gasteiger charge is -2.08. The summed E-state index contributed by atoms with van der Waals surface area (Å²) in [7, 11) is 0. The molecule has 0 saturated heterocycles. The van der Waals surface area contributed by atoms with Crippen LogP contribution in [-0.4, -0.2) is 17.6 Å². The molecule has 0 amide bonds. The first kappa shape index (κ1) is 12.8. The van der Waals surface area contributed by atoms with Crippen LogP contribution in [0.1, 0.15) is 51.9 Å². The van der Waals surface area contributed by atoms with Crippen LogP contribution in [0.2, 0.25) is 0 Å². The van der Waals surface area contributed by atoms with Gasteiger partial charge in [-0.25, -0.2) is 8.78 Å². The first-order valence-corrected chi connectivity index (χ1v) is 5.14. The summed E-state index contributed by atoms with van der Waals surface area (Å²) in [5.41, 5.74) is 0. The van der Waals surface area contributed by atoms with E-state index in [4.69, 9.17) is 5.11 Å². The molecule has 1 nitrogen and oxygen atoms in total. The molecule has 1 N–H and O–H groups in total. The van der Waals surface area contributed by atoms with Crippen LogP contribution in [0.15, 0.2) is 0 Å². The highest BCUT2D eigenvalue weighted by atomic mass is 19.3. The lowest BCUT2D eigenvalue weighted by molar-refractivity contribution is -0.0100. The SMILES string of the molecule is CCCCCCCC[C@@H](O)C(F)F. The van der Waals surface area contributed by atoms with Gasteiger partial charge in [-0.1, -0.05) is 45.4 Å². The molecular weight excluding hydrogens is 174 g/mol. The van der Waals surface area contributed by atoms with Gasteiger partial charge in [0.25, 0.3) is 6.43 Å². The maximum atomic E-state index is 11.8. The summed E-state index contributed by atoms with van der Waals surface area (Å²) in [6, 6.07) is 0. The summed E-state index contributed by atoms with van der Waals surface area (Å²) < 4.78 is 23.6. The van der Waals surface area contributed by atoms with Gasteiger partial charge in [0.05, 0.1) is 0 Å². The molecule has 3 heteroatoms. The van der Waals surface area contributed by atoms with Gasteiger partial charge in [-0.05, 0) is 6.42 Å². The van der Waals surface area contributed by atoms with E-state index in [0.29, 0.717) is 0 Å². The minimum Gasteiger partial charge on any atom is -0.387 e. The molecule has 0 radical (unpaired) electrons. The molecule has 0 heterocycles. The molecule has 0 fully saturated rings. The van der Waals surface area contributed by atoms with E-state index in [2.05, 4.69) is 6.92 Å². The van der Waals surface area contributed by atoms with Crippen molar-refractivity contribution in [1.29, 1.82) is 0 Å². The first-order chi connectivity index (χ1) is 6.18. The zero-order valence-corrected chi connectivity index (χ0v) is 8.31. The fourth-order valence-corrected chi connectivity index (χ4v) is 1.26. The van der Waals surface area contributed by atoms with E-state index >= 15 is 0 Å². The van der Waals surface area contributed by atoms with Crippen molar-refractivity contribution in [2.75, 3.05) is 0 Å². The molecular formula is C10H20F2O. The molecule has 0 aliphatic heterocycles. The second kappa shape index (κ2) is 8.42. The molecule has 0 aromatic heterocycles. The van der Waals surface area contributed by atoms with Gasteiger partial charge in [0, 0.05) is 0 Å². The van der Waals surface area contributed by atoms with Crippen LogP contribution in [0.5, 0.6) is 0 Å². The number of aliphatic hydroxyl groups excluding tert-OH is 1. The summed E-state index contributed by atoms with van der Waals surface area (Å²) in [6.07, 6.45) is 2.63. The molecule has 80 valence electrons. The fourth-order valence-electron chi connectivity index (χ4n) is 1.26. The summed E-state index contributed by atoms with van der Waals surface area (Å²) in [6.45, 7) is 2.14. The Labute approximate surface area is 79.1 Å². The number of rotatable bonds is 8. The topological polar surface area (TPSA) is 20.2 Å². The van der Waals surface area contributed by atoms with E-state index in [9.17, 15) is 8.78 Å². The highest BCUT2D eigenvalue weighted by Gasteiger charge is 2.15. The predicted octanol–water partition coefficient (Wildman–Crippen LogP) is 3.36. The Bertz CT molecular complexity index is 107. The van der Waals surface area contributed by atoms with Crippen LogP contribution in [0.4, 0.5) is 8.78 Å². The standard InChI is InChI=1S/C10H20F2O/c1-2-3-4-5-6-7-8-9(13)10(11)12/h9-10,13H,2-8H2,1H3/t9-/m1/s1. The van der Waals surface area contributed by atoms with E-state index in [1.807, 2.05) is 0 Å². The van der Waals surface area contributed by atoms with E-state index in [1.165, 1.54) is 19.3 Å². The normalized spacial score (nSPS) is 13.6. The van der Waals surface area contributed by atoms with E-state index in [0.717, 1.165) is 19.3 Å². The zero-order valence-electron chi connectivity index (χ0n) is 8.31. The maximum absolute atomic E-state index is 11.8. The molecule has 0 aromatic rings. The van der Waals surface area contributed by atoms with Crippen molar-refractivity contribution in [1.82, 2.24) is 0 Å². The number of alkyl halides is 2. The largest absolute Gasteiger partial charge is 0.387 e. The van der Waals surface area contributed by atoms with Gasteiger partial charge >= 0.3 is 0 Å². The number of halogens is 2. The van der Waals surface area contributed by atoms with Crippen LogP contribution in [0.3, 0.4) is 0 Å². The number of aliphatic hydroxyl groups is 1. The molecule has 0 aliphatic carbocycles. The number of hydrogen-bond acceptors (Lipinski definition) is 1. The van der Waals surface area contributed by atoms with Crippen molar-refractivity contribution < 1.29 is 13.9 Å². The molecule has 1 atom stereocenters. The molecule has 0 rings (SSSR count). The Balaban J connectivity index is 3.07. The van der Waals surface area contributed by atoms with Gasteiger partial charge in [-0.3, -0.25) is 0 Å². The molecule has 0 unspecified atom stereocenters. The minimum atomic E-state index is -2.57. The monoisotopic (exact) mass is 194 g/mol. The summed E-state index contributed by atoms with van der Waals surface area (Å²) in [5.74, 6) is 0. The Morgan fingerprint density at radius 2 is 1.54 bits per heavy atom. The Kier molecular flexibility index (Phi) is 8.30. The Hall–Kier alpha value is -0.180. The van der Waals surface area contributed by atoms with Gasteiger partial charge in [-0.2, -0.15) is 0 Å². The van der Waals surface area contributed by atoms with Crippen molar-refractivity contribution in [3.05, 3.63) is 0 Å². The third-order valence-electron chi connectivity index (χ3n) is 2.14. The van der Waals surface area contributed by atoms with Crippen LogP contribution < -0.4 is 0 Å². The minimum absolute atomic E-state index is 0.240. The van der Waals surface area contributed by atoms with Gasteiger partial charge in [0.15, 0.2) is 0 Å². The van der Waals surface area contributed by atoms with Crippen molar-refractivity contribution >= 4 is 0 Å².